The molecule has 0 radical (unpaired) electrons. The summed E-state index contributed by atoms with van der Waals surface area (Å²) < 4.78 is 39.5. The molecule has 0 spiro atoms. The Balaban J connectivity index is 4.87. The van der Waals surface area contributed by atoms with Crippen LogP contribution in [-0.2, 0) is 42.2 Å². The number of unbranched alkanes of at least 4 members (excludes halogenated alkanes) is 18. The minimum atomic E-state index is -4.78. The summed E-state index contributed by atoms with van der Waals surface area (Å²) in [5, 5.41) is 9.83. The molecule has 0 bridgehead atoms. The third kappa shape index (κ3) is 56.6. The lowest BCUT2D eigenvalue weighted by Crippen LogP contribution is -2.30. The molecular weight excluding hydrogens is 1000 g/mol. The van der Waals surface area contributed by atoms with Crippen LogP contribution in [-0.4, -0.2) is 66.5 Å². The number of phosphoric ester groups is 1. The monoisotopic (exact) mass is 1110 g/mol. The lowest BCUT2D eigenvalue weighted by molar-refractivity contribution is -0.161. The molecule has 0 aliphatic carbocycles. The Morgan fingerprint density at radius 1 is 0.372 bits per heavy atom. The first-order chi connectivity index (χ1) is 38.2. The number of phosphoric acid groups is 1. The standard InChI is InChI=1S/C66H109O11P/c1-4-7-10-13-16-19-22-25-28-30-31-33-36-39-42-45-48-51-54-57-66(70)77-63(59-73-64(68)55-52-49-46-43-40-37-35-32-29-26-23-20-17-14-11-8-5-2)61-75-78(71,72)74-60-62(58-67)76-65(69)56-53-50-47-44-41-38-34-27-24-21-18-15-12-9-6-3/h7-8,10-11,16-17,19-20,25-26,28-29,31,33,35,37,39,42,48,51,62-63,67H,4-6,9,12-15,18,21-24,27,30,32,34,36,38,40-41,43-47,49-50,52-61H2,1-3H3,(H,71,72)/b10-7-,11-8-,19-16-,20-17-,28-25-,29-26-,33-31-,37-35-,42-39-,51-48-. The Kier molecular flexibility index (Phi) is 55.9. The van der Waals surface area contributed by atoms with Gasteiger partial charge in [0.15, 0.2) is 6.10 Å². The third-order valence-electron chi connectivity index (χ3n) is 12.4. The summed E-state index contributed by atoms with van der Waals surface area (Å²) >= 11 is 0. The minimum Gasteiger partial charge on any atom is -0.462 e. The third-order valence-corrected chi connectivity index (χ3v) is 13.3. The molecular formula is C66H109O11P. The summed E-state index contributed by atoms with van der Waals surface area (Å²) in [7, 11) is -4.78. The van der Waals surface area contributed by atoms with Gasteiger partial charge in [0.05, 0.1) is 19.8 Å². The maximum Gasteiger partial charge on any atom is 0.472 e. The number of esters is 3. The van der Waals surface area contributed by atoms with Crippen LogP contribution in [0, 0.1) is 0 Å². The summed E-state index contributed by atoms with van der Waals surface area (Å²) in [4.78, 5) is 48.6. The van der Waals surface area contributed by atoms with Crippen LogP contribution in [0.15, 0.2) is 122 Å². The summed E-state index contributed by atoms with van der Waals surface area (Å²) in [6.07, 6.45) is 73.1. The second-order valence-corrected chi connectivity index (χ2v) is 21.2. The summed E-state index contributed by atoms with van der Waals surface area (Å²) in [5.41, 5.74) is 0. The van der Waals surface area contributed by atoms with Gasteiger partial charge in [0.25, 0.3) is 0 Å². The lowest BCUT2D eigenvalue weighted by atomic mass is 10.0. The molecule has 0 rings (SSSR count). The summed E-state index contributed by atoms with van der Waals surface area (Å²) in [6, 6.07) is 0. The first-order valence-electron chi connectivity index (χ1n) is 30.4. The highest BCUT2D eigenvalue weighted by atomic mass is 31.2. The maximum atomic E-state index is 12.9. The van der Waals surface area contributed by atoms with Gasteiger partial charge in [-0.05, 0) is 96.3 Å². The number of ether oxygens (including phenoxy) is 3. The van der Waals surface area contributed by atoms with Crippen molar-refractivity contribution in [1.29, 1.82) is 0 Å². The number of carbonyl (C=O) groups is 3. The highest BCUT2D eigenvalue weighted by molar-refractivity contribution is 7.47. The zero-order valence-electron chi connectivity index (χ0n) is 49.1. The van der Waals surface area contributed by atoms with Crippen molar-refractivity contribution in [2.24, 2.45) is 0 Å². The molecule has 0 aliphatic heterocycles. The zero-order chi connectivity index (χ0) is 56.9. The van der Waals surface area contributed by atoms with E-state index in [-0.39, 0.29) is 25.9 Å². The van der Waals surface area contributed by atoms with E-state index in [9.17, 15) is 28.9 Å². The van der Waals surface area contributed by atoms with Crippen molar-refractivity contribution < 1.29 is 52.2 Å². The number of carbonyl (C=O) groups excluding carboxylic acids is 3. The predicted octanol–water partition coefficient (Wildman–Crippen LogP) is 18.4. The molecule has 11 nitrogen and oxygen atoms in total. The Morgan fingerprint density at radius 2 is 0.692 bits per heavy atom. The van der Waals surface area contributed by atoms with Gasteiger partial charge in [-0.15, -0.1) is 0 Å². The van der Waals surface area contributed by atoms with Crippen molar-refractivity contribution in [3.63, 3.8) is 0 Å². The molecule has 0 aromatic rings. The van der Waals surface area contributed by atoms with Crippen molar-refractivity contribution in [2.75, 3.05) is 26.4 Å². The SMILES string of the molecule is CC/C=C\C/C=C\C/C=C\C/C=C\C/C=C\C/C=C\CCC(=O)OC(COC(=O)CCCCCC/C=C\C/C=C\C/C=C\C/C=C\CC)COP(=O)(O)OCC(CO)OC(=O)CCCCCCCCCCCCCCCCC. The van der Waals surface area contributed by atoms with Crippen LogP contribution < -0.4 is 0 Å². The Bertz CT molecular complexity index is 1770. The molecule has 0 aromatic heterocycles. The molecule has 0 aromatic carbocycles. The Morgan fingerprint density at radius 3 is 1.10 bits per heavy atom. The van der Waals surface area contributed by atoms with Gasteiger partial charge in [-0.3, -0.25) is 23.4 Å². The van der Waals surface area contributed by atoms with E-state index in [2.05, 4.69) is 130 Å². The number of aliphatic hydroxyl groups is 1. The van der Waals surface area contributed by atoms with Crippen LogP contribution >= 0.6 is 7.82 Å². The highest BCUT2D eigenvalue weighted by Gasteiger charge is 2.28. The van der Waals surface area contributed by atoms with E-state index in [1.807, 2.05) is 12.2 Å². The van der Waals surface area contributed by atoms with Gasteiger partial charge < -0.3 is 24.2 Å². The van der Waals surface area contributed by atoms with Crippen LogP contribution in [0.2, 0.25) is 0 Å². The first-order valence-corrected chi connectivity index (χ1v) is 31.9. The van der Waals surface area contributed by atoms with E-state index in [0.29, 0.717) is 25.7 Å². The van der Waals surface area contributed by atoms with Crippen molar-refractivity contribution >= 4 is 25.7 Å². The molecule has 0 amide bonds. The number of hydrogen-bond donors (Lipinski definition) is 2. The van der Waals surface area contributed by atoms with Gasteiger partial charge >= 0.3 is 25.7 Å². The van der Waals surface area contributed by atoms with E-state index in [1.165, 1.54) is 70.6 Å². The largest absolute Gasteiger partial charge is 0.472 e. The normalized spacial score (nSPS) is 14.2. The molecule has 78 heavy (non-hydrogen) atoms. The van der Waals surface area contributed by atoms with Gasteiger partial charge in [-0.25, -0.2) is 4.57 Å². The lowest BCUT2D eigenvalue weighted by Gasteiger charge is -2.21. The Labute approximate surface area is 475 Å². The van der Waals surface area contributed by atoms with E-state index in [0.717, 1.165) is 103 Å². The molecule has 0 saturated heterocycles. The fraction of sp³-hybridized carbons (Fsp3) is 0.652. The first kappa shape index (κ1) is 73.9. The summed E-state index contributed by atoms with van der Waals surface area (Å²) in [6.45, 7) is 4.31. The van der Waals surface area contributed by atoms with Crippen molar-refractivity contribution in [2.45, 2.75) is 251 Å². The molecule has 2 N–H and O–H groups in total. The van der Waals surface area contributed by atoms with E-state index in [4.69, 9.17) is 23.3 Å². The van der Waals surface area contributed by atoms with Gasteiger partial charge in [0.2, 0.25) is 0 Å². The topological polar surface area (TPSA) is 155 Å². The molecule has 12 heteroatoms. The van der Waals surface area contributed by atoms with Crippen molar-refractivity contribution in [3.05, 3.63) is 122 Å². The van der Waals surface area contributed by atoms with Gasteiger partial charge in [-0.2, -0.15) is 0 Å². The number of hydrogen-bond acceptors (Lipinski definition) is 10. The molecule has 0 heterocycles. The molecule has 0 saturated carbocycles. The second-order valence-electron chi connectivity index (χ2n) is 19.8. The molecule has 3 unspecified atom stereocenters. The van der Waals surface area contributed by atoms with E-state index < -0.39 is 57.8 Å². The molecule has 444 valence electrons. The molecule has 3 atom stereocenters. The smallest absolute Gasteiger partial charge is 0.462 e. The van der Waals surface area contributed by atoms with Crippen LogP contribution in [0.25, 0.3) is 0 Å². The Hall–Kier alpha value is -4.12. The minimum absolute atomic E-state index is 0.0315. The van der Waals surface area contributed by atoms with Crippen LogP contribution in [0.5, 0.6) is 0 Å². The van der Waals surface area contributed by atoms with Crippen LogP contribution in [0.1, 0.15) is 239 Å². The average Bonchev–Trinajstić information content (AvgIpc) is 3.43. The summed E-state index contributed by atoms with van der Waals surface area (Å²) in [5.74, 6) is -1.60. The van der Waals surface area contributed by atoms with E-state index >= 15 is 0 Å². The number of aliphatic hydroxyl groups excluding tert-OH is 1. The average molecular weight is 1110 g/mol. The maximum absolute atomic E-state index is 12.9. The van der Waals surface area contributed by atoms with E-state index in [1.54, 1.807) is 0 Å². The second kappa shape index (κ2) is 59.0. The van der Waals surface area contributed by atoms with Crippen LogP contribution in [0.4, 0.5) is 0 Å². The van der Waals surface area contributed by atoms with Gasteiger partial charge in [0.1, 0.15) is 12.7 Å². The van der Waals surface area contributed by atoms with Crippen LogP contribution in [0.3, 0.4) is 0 Å². The number of allylic oxidation sites excluding steroid dienone is 20. The fourth-order valence-electron chi connectivity index (χ4n) is 7.84. The van der Waals surface area contributed by atoms with Gasteiger partial charge in [0, 0.05) is 19.3 Å². The quantitative estimate of drug-likeness (QED) is 0.0197. The zero-order valence-corrected chi connectivity index (χ0v) is 50.0. The van der Waals surface area contributed by atoms with Crippen molar-refractivity contribution in [3.8, 4) is 0 Å². The number of rotatable bonds is 55. The highest BCUT2D eigenvalue weighted by Crippen LogP contribution is 2.43. The predicted molar refractivity (Wildman–Crippen MR) is 325 cm³/mol. The molecule has 0 aliphatic rings. The van der Waals surface area contributed by atoms with Crippen molar-refractivity contribution in [1.82, 2.24) is 0 Å². The fourth-order valence-corrected chi connectivity index (χ4v) is 8.63. The van der Waals surface area contributed by atoms with Gasteiger partial charge in [-0.1, -0.05) is 245 Å². The molecule has 0 fully saturated rings.